The monoisotopic (exact) mass is 338 g/mol. The molecule has 0 amide bonds. The average Bonchev–Trinajstić information content (AvgIpc) is 3.09. The molecule has 0 fully saturated rings. The van der Waals surface area contributed by atoms with Gasteiger partial charge in [0.25, 0.3) is 0 Å². The summed E-state index contributed by atoms with van der Waals surface area (Å²) in [5.41, 5.74) is 10.0. The Balaban J connectivity index is 1.92. The largest absolute Gasteiger partial charge is 0.0622 e. The molecule has 0 heterocycles. The number of allylic oxidation sites excluding steroid dienone is 4. The van der Waals surface area contributed by atoms with Gasteiger partial charge in [0.2, 0.25) is 0 Å². The van der Waals surface area contributed by atoms with Crippen LogP contribution in [0, 0.1) is 0 Å². The highest BCUT2D eigenvalue weighted by atomic mass is 28.1. The minimum atomic E-state index is 1.02. The summed E-state index contributed by atoms with van der Waals surface area (Å²) in [5.74, 6) is 0. The first-order valence-electron chi connectivity index (χ1n) is 9.00. The van der Waals surface area contributed by atoms with Crippen molar-refractivity contribution < 1.29 is 0 Å². The fourth-order valence-electron chi connectivity index (χ4n) is 3.85. The normalized spacial score (nSPS) is 14.4. The van der Waals surface area contributed by atoms with Crippen molar-refractivity contribution in [3.05, 3.63) is 113 Å². The van der Waals surface area contributed by atoms with Crippen molar-refractivity contribution >= 4 is 27.0 Å². The maximum atomic E-state index is 2.25. The summed E-state index contributed by atoms with van der Waals surface area (Å²) in [6, 6.07) is 33.9. The Kier molecular flexibility index (Phi) is 4.49. The van der Waals surface area contributed by atoms with Gasteiger partial charge in [-0.05, 0) is 51.4 Å². The van der Waals surface area contributed by atoms with E-state index in [0.717, 1.165) is 6.42 Å². The fourth-order valence-corrected chi connectivity index (χ4v) is 4.63. The van der Waals surface area contributed by atoms with Gasteiger partial charge in [-0.2, -0.15) is 0 Å². The van der Waals surface area contributed by atoms with E-state index >= 15 is 0 Å². The molecule has 0 aliphatic heterocycles. The van der Waals surface area contributed by atoms with Gasteiger partial charge in [-0.15, -0.1) is 0 Å². The molecule has 1 heteroatoms. The maximum Gasteiger partial charge on any atom is 0.00837 e. The summed E-state index contributed by atoms with van der Waals surface area (Å²) < 4.78 is 0. The summed E-state index contributed by atoms with van der Waals surface area (Å²) in [5, 5.41) is 0. The van der Waals surface area contributed by atoms with Crippen LogP contribution in [0.1, 0.15) is 23.1 Å². The Morgan fingerprint density at radius 2 is 1.00 bits per heavy atom. The second-order valence-corrected chi connectivity index (χ2v) is 7.15. The van der Waals surface area contributed by atoms with Crippen molar-refractivity contribution in [2.75, 3.05) is 0 Å². The Labute approximate surface area is 153 Å². The highest BCUT2D eigenvalue weighted by Crippen LogP contribution is 2.48. The first-order valence-corrected chi connectivity index (χ1v) is 10.4. The van der Waals surface area contributed by atoms with E-state index in [4.69, 9.17) is 0 Å². The lowest BCUT2D eigenvalue weighted by atomic mass is 9.94. The molecule has 0 saturated heterocycles. The van der Waals surface area contributed by atoms with E-state index in [1.807, 2.05) is 0 Å². The summed E-state index contributed by atoms with van der Waals surface area (Å²) in [6.07, 6.45) is 1.02. The highest BCUT2D eigenvalue weighted by Gasteiger charge is 2.25. The van der Waals surface area contributed by atoms with Crippen molar-refractivity contribution in [1.82, 2.24) is 0 Å². The molecule has 0 spiro atoms. The number of benzene rings is 3. The van der Waals surface area contributed by atoms with Gasteiger partial charge in [0.1, 0.15) is 0 Å². The zero-order valence-electron chi connectivity index (χ0n) is 14.6. The van der Waals surface area contributed by atoms with Crippen molar-refractivity contribution in [2.45, 2.75) is 12.5 Å². The molecule has 1 aliphatic carbocycles. The zero-order valence-corrected chi connectivity index (χ0v) is 16.6. The molecule has 0 radical (unpaired) electrons. The van der Waals surface area contributed by atoms with Gasteiger partial charge in [-0.1, -0.05) is 91.0 Å². The Morgan fingerprint density at radius 3 is 1.48 bits per heavy atom. The lowest BCUT2D eigenvalue weighted by Gasteiger charge is -2.12. The third-order valence-corrected chi connectivity index (χ3v) is 5.69. The molecule has 0 bridgehead atoms. The molecule has 0 aromatic heterocycles. The van der Waals surface area contributed by atoms with Crippen LogP contribution in [0.5, 0.6) is 0 Å². The number of hydrogen-bond donors (Lipinski definition) is 0. The third kappa shape index (κ3) is 3.03. The van der Waals surface area contributed by atoms with Gasteiger partial charge in [0, 0.05) is 10.2 Å². The van der Waals surface area contributed by atoms with Crippen LogP contribution in [0.25, 0.3) is 16.7 Å². The fraction of sp³-hybridized carbons (Fsp3) is 0.0833. The van der Waals surface area contributed by atoms with Gasteiger partial charge in [0.15, 0.2) is 0 Å². The molecular weight excluding hydrogens is 316 g/mol. The molecule has 0 saturated carbocycles. The van der Waals surface area contributed by atoms with Crippen LogP contribution in [0.15, 0.2) is 96.6 Å². The summed E-state index contributed by atoms with van der Waals surface area (Å²) in [4.78, 5) is 0. The van der Waals surface area contributed by atoms with E-state index in [-0.39, 0.29) is 0 Å². The quantitative estimate of drug-likeness (QED) is 0.571. The summed E-state index contributed by atoms with van der Waals surface area (Å²) >= 11 is 0. The third-order valence-electron chi connectivity index (χ3n) is 4.98. The van der Waals surface area contributed by atoms with Crippen LogP contribution >= 0.6 is 0 Å². The van der Waals surface area contributed by atoms with E-state index in [2.05, 4.69) is 91.0 Å². The minimum absolute atomic E-state index is 1.02. The second kappa shape index (κ2) is 7.08. The van der Waals surface area contributed by atoms with Crippen molar-refractivity contribution in [2.24, 2.45) is 0 Å². The van der Waals surface area contributed by atoms with Crippen molar-refractivity contribution in [3.8, 4) is 0 Å². The molecular formula is C24H22Si. The van der Waals surface area contributed by atoms with E-state index in [9.17, 15) is 0 Å². The maximum absolute atomic E-state index is 2.25. The number of hydrogen-bond acceptors (Lipinski definition) is 0. The smallest absolute Gasteiger partial charge is 0.00837 e. The van der Waals surface area contributed by atoms with Gasteiger partial charge in [-0.3, -0.25) is 0 Å². The zero-order chi connectivity index (χ0) is 17.1. The molecule has 1 aliphatic rings. The topological polar surface area (TPSA) is 0 Å². The van der Waals surface area contributed by atoms with E-state index in [1.165, 1.54) is 49.7 Å². The van der Waals surface area contributed by atoms with Crippen LogP contribution in [0.3, 0.4) is 0 Å². The van der Waals surface area contributed by atoms with Crippen LogP contribution < -0.4 is 0 Å². The van der Waals surface area contributed by atoms with Crippen LogP contribution in [-0.2, 0) is 0 Å². The summed E-state index contributed by atoms with van der Waals surface area (Å²) in [6.45, 7) is 0. The van der Waals surface area contributed by atoms with E-state index in [1.54, 1.807) is 5.57 Å². The van der Waals surface area contributed by atoms with Gasteiger partial charge in [-0.25, -0.2) is 0 Å². The Bertz CT molecular complexity index is 920. The predicted molar refractivity (Wildman–Crippen MR) is 112 cm³/mol. The van der Waals surface area contributed by atoms with Crippen molar-refractivity contribution in [3.63, 3.8) is 0 Å². The SMILES string of the molecule is [SiH3]CC1=C(c2ccccc2)CC(c2ccccc2)=C1c1ccccc1. The molecule has 0 nitrogen and oxygen atoms in total. The predicted octanol–water partition coefficient (Wildman–Crippen LogP) is 5.24. The molecule has 3 aromatic rings. The van der Waals surface area contributed by atoms with Gasteiger partial charge >= 0.3 is 0 Å². The minimum Gasteiger partial charge on any atom is -0.0622 e. The molecule has 4 rings (SSSR count). The van der Waals surface area contributed by atoms with E-state index < -0.39 is 0 Å². The summed E-state index contributed by atoms with van der Waals surface area (Å²) in [7, 11) is 1.17. The van der Waals surface area contributed by atoms with Crippen LogP contribution in [0.2, 0.25) is 6.04 Å². The Morgan fingerprint density at radius 1 is 0.560 bits per heavy atom. The molecule has 122 valence electrons. The van der Waals surface area contributed by atoms with Gasteiger partial charge in [0.05, 0.1) is 0 Å². The lowest BCUT2D eigenvalue weighted by molar-refractivity contribution is 1.40. The first kappa shape index (κ1) is 15.9. The first-order chi connectivity index (χ1) is 12.4. The highest BCUT2D eigenvalue weighted by molar-refractivity contribution is 6.19. The Hall–Kier alpha value is -2.64. The molecule has 0 N–H and O–H groups in total. The molecule has 0 unspecified atom stereocenters. The van der Waals surface area contributed by atoms with Gasteiger partial charge < -0.3 is 0 Å². The van der Waals surface area contributed by atoms with Crippen LogP contribution in [0.4, 0.5) is 0 Å². The molecule has 3 aromatic carbocycles. The van der Waals surface area contributed by atoms with Crippen molar-refractivity contribution in [1.29, 1.82) is 0 Å². The average molecular weight is 339 g/mol. The standard InChI is InChI=1S/C24H22Si/c25-17-23-21(18-10-4-1-5-11-18)16-22(19-12-6-2-7-13-19)24(23)20-14-8-3-9-15-20/h1-15H,16-17H2,25H3. The molecule has 25 heavy (non-hydrogen) atoms. The number of rotatable bonds is 4. The second-order valence-electron chi connectivity index (χ2n) is 6.44. The van der Waals surface area contributed by atoms with E-state index in [0.29, 0.717) is 0 Å². The lowest BCUT2D eigenvalue weighted by Crippen LogP contribution is -1.91. The van der Waals surface area contributed by atoms with Crippen LogP contribution in [-0.4, -0.2) is 10.2 Å². The molecule has 0 atom stereocenters.